The van der Waals surface area contributed by atoms with Crippen LogP contribution < -0.4 is 14.8 Å². The van der Waals surface area contributed by atoms with Crippen molar-refractivity contribution in [3.63, 3.8) is 0 Å². The molecular formula is C26H21Cl2NO3. The van der Waals surface area contributed by atoms with E-state index < -0.39 is 0 Å². The minimum Gasteiger partial charge on any atom is -0.493 e. The third kappa shape index (κ3) is 4.98. The smallest absolute Gasteiger partial charge is 0.255 e. The number of benzene rings is 4. The first kappa shape index (κ1) is 22.0. The summed E-state index contributed by atoms with van der Waals surface area (Å²) in [6.07, 6.45) is 0. The molecule has 1 N–H and O–H groups in total. The highest BCUT2D eigenvalue weighted by Crippen LogP contribution is 2.29. The minimum atomic E-state index is -0.302. The first-order valence-corrected chi connectivity index (χ1v) is 10.9. The van der Waals surface area contributed by atoms with Gasteiger partial charge in [0.15, 0.2) is 0 Å². The molecule has 4 nitrogen and oxygen atoms in total. The second-order valence-corrected chi connectivity index (χ2v) is 7.94. The van der Waals surface area contributed by atoms with Crippen molar-refractivity contribution in [1.82, 2.24) is 0 Å². The summed E-state index contributed by atoms with van der Waals surface area (Å²) in [4.78, 5) is 12.9. The molecule has 0 unspecified atom stereocenters. The van der Waals surface area contributed by atoms with E-state index in [0.29, 0.717) is 33.7 Å². The maximum Gasteiger partial charge on any atom is 0.255 e. The molecule has 6 heteroatoms. The van der Waals surface area contributed by atoms with Crippen LogP contribution in [-0.2, 0) is 6.61 Å². The molecule has 0 aliphatic rings. The predicted octanol–water partition coefficient (Wildman–Crippen LogP) is 7.38. The number of halogens is 2. The maximum absolute atomic E-state index is 12.9. The number of hydrogen-bond acceptors (Lipinski definition) is 3. The zero-order valence-electron chi connectivity index (χ0n) is 17.4. The van der Waals surface area contributed by atoms with Crippen LogP contribution in [-0.4, -0.2) is 12.5 Å². The molecule has 4 rings (SSSR count). The Hall–Kier alpha value is -3.21. The summed E-state index contributed by atoms with van der Waals surface area (Å²) in [5, 5.41) is 5.83. The van der Waals surface area contributed by atoms with E-state index in [2.05, 4.69) is 5.32 Å². The molecule has 0 aliphatic carbocycles. The van der Waals surface area contributed by atoms with E-state index in [0.717, 1.165) is 22.1 Å². The second kappa shape index (κ2) is 9.94. The molecule has 4 aromatic carbocycles. The zero-order valence-corrected chi connectivity index (χ0v) is 18.9. The van der Waals surface area contributed by atoms with Gasteiger partial charge in [0.05, 0.1) is 17.3 Å². The van der Waals surface area contributed by atoms with Crippen molar-refractivity contribution >= 4 is 45.6 Å². The summed E-state index contributed by atoms with van der Waals surface area (Å²) >= 11 is 12.2. The Kier molecular flexibility index (Phi) is 6.84. The molecule has 0 fully saturated rings. The number of rotatable bonds is 7. The van der Waals surface area contributed by atoms with E-state index in [9.17, 15) is 4.79 Å². The number of hydrogen-bond donors (Lipinski definition) is 1. The highest BCUT2D eigenvalue weighted by atomic mass is 35.5. The molecular weight excluding hydrogens is 445 g/mol. The van der Waals surface area contributed by atoms with Crippen LogP contribution in [0.3, 0.4) is 0 Å². The average Bonchev–Trinajstić information content (AvgIpc) is 2.81. The molecule has 0 radical (unpaired) electrons. The van der Waals surface area contributed by atoms with E-state index in [1.54, 1.807) is 36.4 Å². The van der Waals surface area contributed by atoms with Crippen molar-refractivity contribution in [2.24, 2.45) is 0 Å². The van der Waals surface area contributed by atoms with Crippen LogP contribution in [0.5, 0.6) is 11.5 Å². The molecule has 0 saturated carbocycles. The van der Waals surface area contributed by atoms with Gasteiger partial charge in [-0.1, -0.05) is 59.6 Å². The normalized spacial score (nSPS) is 10.7. The van der Waals surface area contributed by atoms with Gasteiger partial charge >= 0.3 is 0 Å². The molecule has 32 heavy (non-hydrogen) atoms. The van der Waals surface area contributed by atoms with E-state index >= 15 is 0 Å². The zero-order chi connectivity index (χ0) is 22.5. The van der Waals surface area contributed by atoms with Crippen LogP contribution >= 0.6 is 23.2 Å². The van der Waals surface area contributed by atoms with Crippen molar-refractivity contribution in [3.8, 4) is 11.5 Å². The highest BCUT2D eigenvalue weighted by molar-refractivity contribution is 6.35. The molecule has 162 valence electrons. The summed E-state index contributed by atoms with van der Waals surface area (Å²) in [6.45, 7) is 2.67. The van der Waals surface area contributed by atoms with Gasteiger partial charge in [0.1, 0.15) is 18.1 Å². The third-order valence-electron chi connectivity index (χ3n) is 4.93. The van der Waals surface area contributed by atoms with Gasteiger partial charge in [0.2, 0.25) is 0 Å². The molecule has 0 atom stereocenters. The Labute approximate surface area is 196 Å². The number of ether oxygens (including phenoxy) is 2. The summed E-state index contributed by atoms with van der Waals surface area (Å²) in [7, 11) is 0. The standard InChI is InChI=1S/C26H21Cl2NO3/c1-2-31-24-13-10-18(26(30)29-23-15-20(27)11-12-22(23)28)14-19(24)16-32-25-9-5-7-17-6-3-4-8-21(17)25/h3-15H,2,16H2,1H3,(H,29,30). The number of carbonyl (C=O) groups excluding carboxylic acids is 1. The molecule has 0 spiro atoms. The number of fused-ring (bicyclic) bond motifs is 1. The van der Waals surface area contributed by atoms with Crippen molar-refractivity contribution in [3.05, 3.63) is 100 Å². The Morgan fingerprint density at radius 1 is 0.875 bits per heavy atom. The van der Waals surface area contributed by atoms with E-state index in [1.165, 1.54) is 0 Å². The fourth-order valence-corrected chi connectivity index (χ4v) is 3.73. The Bertz CT molecular complexity index is 1270. The van der Waals surface area contributed by atoms with E-state index in [-0.39, 0.29) is 12.5 Å². The van der Waals surface area contributed by atoms with Gasteiger partial charge < -0.3 is 14.8 Å². The SMILES string of the molecule is CCOc1ccc(C(=O)Nc2cc(Cl)ccc2Cl)cc1COc1cccc2ccccc12. The summed E-state index contributed by atoms with van der Waals surface area (Å²) < 4.78 is 11.9. The lowest BCUT2D eigenvalue weighted by Crippen LogP contribution is -2.13. The Morgan fingerprint density at radius 3 is 2.53 bits per heavy atom. The lowest BCUT2D eigenvalue weighted by atomic mass is 10.1. The largest absolute Gasteiger partial charge is 0.493 e. The van der Waals surface area contributed by atoms with Crippen LogP contribution in [0.1, 0.15) is 22.8 Å². The van der Waals surface area contributed by atoms with Gasteiger partial charge in [-0.15, -0.1) is 0 Å². The average molecular weight is 466 g/mol. The summed E-state index contributed by atoms with van der Waals surface area (Å²) in [5.41, 5.74) is 1.68. The van der Waals surface area contributed by atoms with Gasteiger partial charge in [-0.3, -0.25) is 4.79 Å². The van der Waals surface area contributed by atoms with Crippen LogP contribution in [0.25, 0.3) is 10.8 Å². The lowest BCUT2D eigenvalue weighted by Gasteiger charge is -2.15. The number of anilines is 1. The van der Waals surface area contributed by atoms with Gasteiger partial charge in [-0.25, -0.2) is 0 Å². The number of amides is 1. The Balaban J connectivity index is 1.59. The first-order chi connectivity index (χ1) is 15.5. The topological polar surface area (TPSA) is 47.6 Å². The quantitative estimate of drug-likeness (QED) is 0.309. The van der Waals surface area contributed by atoms with Gasteiger partial charge in [0.25, 0.3) is 5.91 Å². The van der Waals surface area contributed by atoms with Crippen LogP contribution in [0, 0.1) is 0 Å². The summed E-state index contributed by atoms with van der Waals surface area (Å²) in [5.74, 6) is 1.14. The first-order valence-electron chi connectivity index (χ1n) is 10.2. The molecule has 0 heterocycles. The second-order valence-electron chi connectivity index (χ2n) is 7.10. The van der Waals surface area contributed by atoms with E-state index in [4.69, 9.17) is 32.7 Å². The van der Waals surface area contributed by atoms with Crippen molar-refractivity contribution in [1.29, 1.82) is 0 Å². The molecule has 0 aliphatic heterocycles. The monoisotopic (exact) mass is 465 g/mol. The van der Waals surface area contributed by atoms with Crippen LogP contribution in [0.2, 0.25) is 10.0 Å². The molecule has 0 bridgehead atoms. The summed E-state index contributed by atoms with van der Waals surface area (Å²) in [6, 6.07) is 24.1. The van der Waals surface area contributed by atoms with Gasteiger partial charge in [0, 0.05) is 21.5 Å². The highest BCUT2D eigenvalue weighted by Gasteiger charge is 2.14. The Morgan fingerprint density at radius 2 is 1.69 bits per heavy atom. The number of nitrogens with one attached hydrogen (secondary N) is 1. The van der Waals surface area contributed by atoms with E-state index in [1.807, 2.05) is 49.4 Å². The number of carbonyl (C=O) groups is 1. The predicted molar refractivity (Wildman–Crippen MR) is 130 cm³/mol. The maximum atomic E-state index is 12.9. The fourth-order valence-electron chi connectivity index (χ4n) is 3.39. The lowest BCUT2D eigenvalue weighted by molar-refractivity contribution is 0.102. The third-order valence-corrected chi connectivity index (χ3v) is 5.50. The van der Waals surface area contributed by atoms with Crippen LogP contribution in [0.15, 0.2) is 78.9 Å². The van der Waals surface area contributed by atoms with Crippen molar-refractivity contribution in [2.45, 2.75) is 13.5 Å². The van der Waals surface area contributed by atoms with Gasteiger partial charge in [-0.2, -0.15) is 0 Å². The van der Waals surface area contributed by atoms with Crippen molar-refractivity contribution in [2.75, 3.05) is 11.9 Å². The molecule has 1 amide bonds. The van der Waals surface area contributed by atoms with Crippen molar-refractivity contribution < 1.29 is 14.3 Å². The minimum absolute atomic E-state index is 0.252. The van der Waals surface area contributed by atoms with Gasteiger partial charge in [-0.05, 0) is 54.8 Å². The fraction of sp³-hybridized carbons (Fsp3) is 0.115. The molecule has 0 aromatic heterocycles. The van der Waals surface area contributed by atoms with Crippen LogP contribution in [0.4, 0.5) is 5.69 Å². The molecule has 4 aromatic rings. The molecule has 0 saturated heterocycles.